The van der Waals surface area contributed by atoms with Gasteiger partial charge in [-0.25, -0.2) is 0 Å². The third kappa shape index (κ3) is 2.59. The maximum Gasteiger partial charge on any atom is 0.416 e. The number of carbonyl (C=O) groups excluding carboxylic acids is 1. The molecular formula is C10H8BrF3O. The molecule has 0 atom stereocenters. The van der Waals surface area contributed by atoms with Crippen molar-refractivity contribution in [3.63, 3.8) is 0 Å². The number of alkyl halides is 3. The monoisotopic (exact) mass is 280 g/mol. The van der Waals surface area contributed by atoms with E-state index in [1.54, 1.807) is 0 Å². The van der Waals surface area contributed by atoms with E-state index in [1.807, 2.05) is 0 Å². The van der Waals surface area contributed by atoms with E-state index in [0.717, 1.165) is 12.1 Å². The summed E-state index contributed by atoms with van der Waals surface area (Å²) in [7, 11) is 0. The van der Waals surface area contributed by atoms with Crippen molar-refractivity contribution >= 4 is 21.7 Å². The van der Waals surface area contributed by atoms with Crippen molar-refractivity contribution in [1.82, 2.24) is 0 Å². The molecule has 0 aliphatic rings. The summed E-state index contributed by atoms with van der Waals surface area (Å²) >= 11 is 3.09. The lowest BCUT2D eigenvalue weighted by Crippen LogP contribution is -2.08. The predicted molar refractivity (Wildman–Crippen MR) is 53.9 cm³/mol. The maximum atomic E-state index is 12.4. The van der Waals surface area contributed by atoms with Crippen molar-refractivity contribution in [3.05, 3.63) is 33.3 Å². The Hall–Kier alpha value is -0.840. The molecule has 0 spiro atoms. The normalized spacial score (nSPS) is 11.6. The zero-order valence-electron chi connectivity index (χ0n) is 8.07. The molecule has 0 saturated carbocycles. The van der Waals surface area contributed by atoms with Crippen molar-refractivity contribution in [2.75, 3.05) is 0 Å². The topological polar surface area (TPSA) is 17.1 Å². The highest BCUT2D eigenvalue weighted by atomic mass is 79.9. The van der Waals surface area contributed by atoms with Gasteiger partial charge in [-0.2, -0.15) is 13.2 Å². The number of ketones is 1. The molecule has 0 unspecified atom stereocenters. The van der Waals surface area contributed by atoms with Gasteiger partial charge in [-0.05, 0) is 47.5 Å². The summed E-state index contributed by atoms with van der Waals surface area (Å²) < 4.78 is 37.7. The van der Waals surface area contributed by atoms with Crippen LogP contribution in [0.25, 0.3) is 0 Å². The fourth-order valence-electron chi connectivity index (χ4n) is 1.19. The summed E-state index contributed by atoms with van der Waals surface area (Å²) in [6, 6.07) is 1.87. The molecule has 0 aromatic heterocycles. The Labute approximate surface area is 93.4 Å². The van der Waals surface area contributed by atoms with Gasteiger partial charge in [-0.1, -0.05) is 0 Å². The number of carbonyl (C=O) groups is 1. The van der Waals surface area contributed by atoms with Gasteiger partial charge in [0.2, 0.25) is 0 Å². The molecule has 1 nitrogen and oxygen atoms in total. The van der Waals surface area contributed by atoms with E-state index >= 15 is 0 Å². The van der Waals surface area contributed by atoms with Crippen LogP contribution in [0.1, 0.15) is 28.4 Å². The van der Waals surface area contributed by atoms with Crippen LogP contribution < -0.4 is 0 Å². The minimum Gasteiger partial charge on any atom is -0.294 e. The van der Waals surface area contributed by atoms with Crippen molar-refractivity contribution in [2.45, 2.75) is 20.0 Å². The number of hydrogen-bond donors (Lipinski definition) is 0. The van der Waals surface area contributed by atoms with Crippen molar-refractivity contribution in [3.8, 4) is 0 Å². The van der Waals surface area contributed by atoms with Gasteiger partial charge in [-0.3, -0.25) is 4.79 Å². The Kier molecular flexibility index (Phi) is 3.23. The van der Waals surface area contributed by atoms with Crippen LogP contribution in [0.5, 0.6) is 0 Å². The van der Waals surface area contributed by atoms with Gasteiger partial charge >= 0.3 is 6.18 Å². The van der Waals surface area contributed by atoms with Crippen LogP contribution in [0.15, 0.2) is 16.6 Å². The summed E-state index contributed by atoms with van der Waals surface area (Å²) in [5, 5.41) is 0. The van der Waals surface area contributed by atoms with Crippen LogP contribution in [0.2, 0.25) is 0 Å². The van der Waals surface area contributed by atoms with Gasteiger partial charge < -0.3 is 0 Å². The SMILES string of the molecule is CC(=O)c1cc(C(F)(F)F)cc(C)c1Br. The molecule has 1 aromatic rings. The number of aryl methyl sites for hydroxylation is 1. The zero-order valence-corrected chi connectivity index (χ0v) is 9.66. The lowest BCUT2D eigenvalue weighted by Gasteiger charge is -2.11. The van der Waals surface area contributed by atoms with Crippen LogP contribution in [0.4, 0.5) is 13.2 Å². The summed E-state index contributed by atoms with van der Waals surface area (Å²) in [5.41, 5.74) is -0.342. The molecule has 15 heavy (non-hydrogen) atoms. The number of halogens is 4. The molecule has 1 rings (SSSR count). The largest absolute Gasteiger partial charge is 0.416 e. The van der Waals surface area contributed by atoms with Crippen molar-refractivity contribution in [2.24, 2.45) is 0 Å². The van der Waals surface area contributed by atoms with E-state index in [0.29, 0.717) is 10.0 Å². The molecule has 0 amide bonds. The summed E-state index contributed by atoms with van der Waals surface area (Å²) in [6.07, 6.45) is -4.42. The first-order chi connectivity index (χ1) is 6.73. The molecule has 0 saturated heterocycles. The van der Waals surface area contributed by atoms with E-state index in [4.69, 9.17) is 0 Å². The molecule has 0 radical (unpaired) electrons. The molecule has 0 N–H and O–H groups in total. The Balaban J connectivity index is 3.43. The number of Topliss-reactive ketones (excluding diaryl/α,β-unsaturated/α-hetero) is 1. The Morgan fingerprint density at radius 3 is 2.27 bits per heavy atom. The minimum absolute atomic E-state index is 0.0577. The summed E-state index contributed by atoms with van der Waals surface area (Å²) in [6.45, 7) is 2.76. The highest BCUT2D eigenvalue weighted by Crippen LogP contribution is 2.33. The molecule has 0 fully saturated rings. The number of rotatable bonds is 1. The number of benzene rings is 1. The number of hydrogen-bond acceptors (Lipinski definition) is 1. The van der Waals surface area contributed by atoms with Crippen molar-refractivity contribution in [1.29, 1.82) is 0 Å². The summed E-state index contributed by atoms with van der Waals surface area (Å²) in [5.74, 6) is -0.393. The molecule has 0 aliphatic heterocycles. The molecule has 0 heterocycles. The predicted octanol–water partition coefficient (Wildman–Crippen LogP) is 3.98. The molecule has 0 aliphatic carbocycles. The van der Waals surface area contributed by atoms with E-state index < -0.39 is 17.5 Å². The highest BCUT2D eigenvalue weighted by Gasteiger charge is 2.31. The van der Waals surface area contributed by atoms with E-state index in [1.165, 1.54) is 13.8 Å². The Bertz CT molecular complexity index is 410. The lowest BCUT2D eigenvalue weighted by molar-refractivity contribution is -0.137. The Morgan fingerprint density at radius 1 is 1.33 bits per heavy atom. The van der Waals surface area contributed by atoms with E-state index in [9.17, 15) is 18.0 Å². The Morgan fingerprint density at radius 2 is 1.87 bits per heavy atom. The molecular weight excluding hydrogens is 273 g/mol. The maximum absolute atomic E-state index is 12.4. The van der Waals surface area contributed by atoms with Gasteiger partial charge in [0.1, 0.15) is 0 Å². The molecule has 82 valence electrons. The van der Waals surface area contributed by atoms with Gasteiger partial charge in [0.05, 0.1) is 5.56 Å². The van der Waals surface area contributed by atoms with Gasteiger partial charge in [-0.15, -0.1) is 0 Å². The zero-order chi connectivity index (χ0) is 11.8. The second-order valence-electron chi connectivity index (χ2n) is 3.21. The first-order valence-electron chi connectivity index (χ1n) is 4.11. The molecule has 0 bridgehead atoms. The second-order valence-corrected chi connectivity index (χ2v) is 4.00. The second kappa shape index (κ2) is 3.96. The highest BCUT2D eigenvalue weighted by molar-refractivity contribution is 9.10. The summed E-state index contributed by atoms with van der Waals surface area (Å²) in [4.78, 5) is 11.1. The van der Waals surface area contributed by atoms with Crippen LogP contribution in [0, 0.1) is 6.92 Å². The fraction of sp³-hybridized carbons (Fsp3) is 0.300. The minimum atomic E-state index is -4.42. The van der Waals surface area contributed by atoms with Crippen molar-refractivity contribution < 1.29 is 18.0 Å². The van der Waals surface area contributed by atoms with Crippen LogP contribution in [-0.2, 0) is 6.18 Å². The van der Waals surface area contributed by atoms with Gasteiger partial charge in [0.25, 0.3) is 0 Å². The van der Waals surface area contributed by atoms with Gasteiger partial charge in [0, 0.05) is 10.0 Å². The third-order valence-corrected chi connectivity index (χ3v) is 3.01. The first kappa shape index (κ1) is 12.2. The fourth-order valence-corrected chi connectivity index (χ4v) is 1.70. The lowest BCUT2D eigenvalue weighted by atomic mass is 10.0. The molecule has 1 aromatic carbocycles. The van der Waals surface area contributed by atoms with Crippen LogP contribution in [0.3, 0.4) is 0 Å². The first-order valence-corrected chi connectivity index (χ1v) is 4.91. The quantitative estimate of drug-likeness (QED) is 0.711. The standard InChI is InChI=1S/C10H8BrF3O/c1-5-3-7(10(12,13)14)4-8(6(2)15)9(5)11/h3-4H,1-2H3. The van der Waals surface area contributed by atoms with Crippen LogP contribution >= 0.6 is 15.9 Å². The molecule has 5 heteroatoms. The average Bonchev–Trinajstić information content (AvgIpc) is 2.06. The third-order valence-electron chi connectivity index (χ3n) is 1.96. The van der Waals surface area contributed by atoms with E-state index in [2.05, 4.69) is 15.9 Å². The van der Waals surface area contributed by atoms with E-state index in [-0.39, 0.29) is 5.56 Å². The van der Waals surface area contributed by atoms with Crippen LogP contribution in [-0.4, -0.2) is 5.78 Å². The smallest absolute Gasteiger partial charge is 0.294 e. The average molecular weight is 281 g/mol. The van der Waals surface area contributed by atoms with Gasteiger partial charge in [0.15, 0.2) is 5.78 Å².